The van der Waals surface area contributed by atoms with Crippen molar-refractivity contribution in [3.05, 3.63) is 68.8 Å². The molecule has 0 bridgehead atoms. The van der Waals surface area contributed by atoms with Gasteiger partial charge in [-0.1, -0.05) is 12.1 Å². The van der Waals surface area contributed by atoms with Gasteiger partial charge >= 0.3 is 0 Å². The van der Waals surface area contributed by atoms with Crippen LogP contribution in [0.15, 0.2) is 48.5 Å². The van der Waals surface area contributed by atoms with Crippen molar-refractivity contribution in [2.75, 3.05) is 0 Å². The number of fused-ring (bicyclic) bond motifs is 3. The summed E-state index contributed by atoms with van der Waals surface area (Å²) >= 11 is 0. The van der Waals surface area contributed by atoms with Gasteiger partial charge in [-0.25, -0.2) is 0 Å². The van der Waals surface area contributed by atoms with E-state index in [-0.39, 0.29) is 11.4 Å². The van der Waals surface area contributed by atoms with Gasteiger partial charge in [0.25, 0.3) is 11.4 Å². The predicted octanol–water partition coefficient (Wildman–Crippen LogP) is 3.81. The first kappa shape index (κ1) is 12.0. The molecule has 0 aromatic heterocycles. The largest absolute Gasteiger partial charge is 0.270 e. The monoisotopic (exact) mass is 268 g/mol. The molecule has 0 aliphatic carbocycles. The van der Waals surface area contributed by atoms with Crippen LogP contribution in [0.5, 0.6) is 0 Å². The Kier molecular flexibility index (Phi) is 2.57. The quantitative estimate of drug-likeness (QED) is 0.401. The Hall–Kier alpha value is -3.02. The Morgan fingerprint density at radius 1 is 0.650 bits per heavy atom. The van der Waals surface area contributed by atoms with Crippen molar-refractivity contribution in [1.29, 1.82) is 0 Å². The van der Waals surface area contributed by atoms with Crippen LogP contribution in [-0.2, 0) is 0 Å². The molecule has 0 heterocycles. The van der Waals surface area contributed by atoms with Crippen LogP contribution in [-0.4, -0.2) is 9.85 Å². The SMILES string of the molecule is O=[N+]([O-])c1ccc2ccc3ccc([N+](=O)[O-])cc3c2c1. The number of nitro benzene ring substituents is 2. The first-order chi connectivity index (χ1) is 9.56. The van der Waals surface area contributed by atoms with Crippen LogP contribution in [0.4, 0.5) is 11.4 Å². The average Bonchev–Trinajstić information content (AvgIpc) is 2.45. The lowest BCUT2D eigenvalue weighted by Crippen LogP contribution is -1.89. The average molecular weight is 268 g/mol. The van der Waals surface area contributed by atoms with Crippen molar-refractivity contribution in [3.8, 4) is 0 Å². The number of non-ortho nitro benzene ring substituents is 2. The molecule has 6 heteroatoms. The molecule has 0 saturated heterocycles. The van der Waals surface area contributed by atoms with E-state index < -0.39 is 9.85 Å². The summed E-state index contributed by atoms with van der Waals surface area (Å²) in [6.07, 6.45) is 0. The van der Waals surface area contributed by atoms with Crippen LogP contribution in [0.1, 0.15) is 0 Å². The fourth-order valence-electron chi connectivity index (χ4n) is 2.25. The highest BCUT2D eigenvalue weighted by Gasteiger charge is 2.11. The molecule has 0 aliphatic heterocycles. The third-order valence-electron chi connectivity index (χ3n) is 3.23. The smallest absolute Gasteiger partial charge is 0.258 e. The van der Waals surface area contributed by atoms with Crippen molar-refractivity contribution in [2.45, 2.75) is 0 Å². The van der Waals surface area contributed by atoms with Gasteiger partial charge in [0, 0.05) is 24.3 Å². The van der Waals surface area contributed by atoms with Gasteiger partial charge in [-0.05, 0) is 33.7 Å². The van der Waals surface area contributed by atoms with E-state index in [2.05, 4.69) is 0 Å². The fraction of sp³-hybridized carbons (Fsp3) is 0. The molecule has 0 amide bonds. The Morgan fingerprint density at radius 3 is 1.35 bits per heavy atom. The van der Waals surface area contributed by atoms with Gasteiger partial charge < -0.3 is 0 Å². The number of hydrogen-bond acceptors (Lipinski definition) is 4. The molecule has 20 heavy (non-hydrogen) atoms. The zero-order valence-corrected chi connectivity index (χ0v) is 10.1. The van der Waals surface area contributed by atoms with Crippen molar-refractivity contribution in [2.24, 2.45) is 0 Å². The zero-order chi connectivity index (χ0) is 14.3. The molecule has 0 radical (unpaired) electrons. The Morgan fingerprint density at radius 2 is 1.00 bits per heavy atom. The van der Waals surface area contributed by atoms with E-state index in [1.807, 2.05) is 12.1 Å². The minimum atomic E-state index is -0.477. The summed E-state index contributed by atoms with van der Waals surface area (Å²) in [7, 11) is 0. The molecule has 0 unspecified atom stereocenters. The van der Waals surface area contributed by atoms with Crippen LogP contribution in [0, 0.1) is 20.2 Å². The van der Waals surface area contributed by atoms with Gasteiger partial charge in [0.1, 0.15) is 0 Å². The third kappa shape index (κ3) is 1.83. The summed E-state index contributed by atoms with van der Waals surface area (Å²) in [5, 5.41) is 24.6. The maximum Gasteiger partial charge on any atom is 0.270 e. The number of benzene rings is 3. The molecule has 3 aromatic carbocycles. The van der Waals surface area contributed by atoms with Crippen LogP contribution < -0.4 is 0 Å². The lowest BCUT2D eigenvalue weighted by Gasteiger charge is -2.04. The standard InChI is InChI=1S/C14H8N2O4/c17-15(18)11-5-3-9-1-2-10-4-6-12(16(19)20)8-14(10)13(9)7-11/h1-8H. The van der Waals surface area contributed by atoms with Crippen LogP contribution in [0.25, 0.3) is 21.5 Å². The lowest BCUT2D eigenvalue weighted by molar-refractivity contribution is -0.385. The molecular weight excluding hydrogens is 260 g/mol. The summed E-state index contributed by atoms with van der Waals surface area (Å²) < 4.78 is 0. The summed E-state index contributed by atoms with van der Waals surface area (Å²) in [4.78, 5) is 20.8. The summed E-state index contributed by atoms with van der Waals surface area (Å²) in [6.45, 7) is 0. The predicted molar refractivity (Wildman–Crippen MR) is 74.8 cm³/mol. The molecule has 3 aromatic rings. The highest BCUT2D eigenvalue weighted by Crippen LogP contribution is 2.30. The van der Waals surface area contributed by atoms with Crippen molar-refractivity contribution in [3.63, 3.8) is 0 Å². The lowest BCUT2D eigenvalue weighted by atomic mass is 10.0. The van der Waals surface area contributed by atoms with E-state index in [9.17, 15) is 20.2 Å². The van der Waals surface area contributed by atoms with Gasteiger partial charge in [-0.3, -0.25) is 20.2 Å². The molecule has 0 aliphatic rings. The van der Waals surface area contributed by atoms with Gasteiger partial charge in [0.15, 0.2) is 0 Å². The number of nitro groups is 2. The molecule has 6 nitrogen and oxygen atoms in total. The van der Waals surface area contributed by atoms with Crippen LogP contribution in [0.3, 0.4) is 0 Å². The van der Waals surface area contributed by atoms with E-state index in [1.54, 1.807) is 12.1 Å². The van der Waals surface area contributed by atoms with E-state index in [4.69, 9.17) is 0 Å². The summed E-state index contributed by atoms with van der Waals surface area (Å²) in [5.41, 5.74) is -0.0620. The highest BCUT2D eigenvalue weighted by molar-refractivity contribution is 6.08. The molecule has 0 fully saturated rings. The normalized spacial score (nSPS) is 10.8. The Bertz CT molecular complexity index is 801. The topological polar surface area (TPSA) is 86.3 Å². The second-order valence-electron chi connectivity index (χ2n) is 4.39. The number of hydrogen-bond donors (Lipinski definition) is 0. The molecule has 0 saturated carbocycles. The minimum Gasteiger partial charge on any atom is -0.258 e. The van der Waals surface area contributed by atoms with E-state index in [0.717, 1.165) is 10.8 Å². The molecule has 3 rings (SSSR count). The zero-order valence-electron chi connectivity index (χ0n) is 10.1. The molecule has 98 valence electrons. The second kappa shape index (κ2) is 4.27. The minimum absolute atomic E-state index is 0.0310. The molecule has 0 atom stereocenters. The van der Waals surface area contributed by atoms with E-state index >= 15 is 0 Å². The Balaban J connectivity index is 2.41. The second-order valence-corrected chi connectivity index (χ2v) is 4.39. The first-order valence-electron chi connectivity index (χ1n) is 5.81. The highest BCUT2D eigenvalue weighted by atomic mass is 16.6. The maximum absolute atomic E-state index is 10.9. The fourth-order valence-corrected chi connectivity index (χ4v) is 2.25. The van der Waals surface area contributed by atoms with Crippen LogP contribution in [0.2, 0.25) is 0 Å². The number of rotatable bonds is 2. The van der Waals surface area contributed by atoms with Gasteiger partial charge in [-0.2, -0.15) is 0 Å². The van der Waals surface area contributed by atoms with Crippen molar-refractivity contribution >= 4 is 32.9 Å². The number of nitrogens with zero attached hydrogens (tertiary/aromatic N) is 2. The molecule has 0 spiro atoms. The summed E-state index contributed by atoms with van der Waals surface area (Å²) in [5.74, 6) is 0. The molecule has 0 N–H and O–H groups in total. The van der Waals surface area contributed by atoms with Crippen LogP contribution >= 0.6 is 0 Å². The van der Waals surface area contributed by atoms with Crippen molar-refractivity contribution < 1.29 is 9.85 Å². The third-order valence-corrected chi connectivity index (χ3v) is 3.23. The van der Waals surface area contributed by atoms with E-state index in [0.29, 0.717) is 10.8 Å². The van der Waals surface area contributed by atoms with Gasteiger partial charge in [0.2, 0.25) is 0 Å². The van der Waals surface area contributed by atoms with Crippen molar-refractivity contribution in [1.82, 2.24) is 0 Å². The Labute approximate surface area is 112 Å². The summed E-state index contributed by atoms with van der Waals surface area (Å²) in [6, 6.07) is 12.7. The first-order valence-corrected chi connectivity index (χ1v) is 5.81. The maximum atomic E-state index is 10.9. The van der Waals surface area contributed by atoms with E-state index in [1.165, 1.54) is 24.3 Å². The van der Waals surface area contributed by atoms with Gasteiger partial charge in [0.05, 0.1) is 9.85 Å². The van der Waals surface area contributed by atoms with Gasteiger partial charge in [-0.15, -0.1) is 0 Å². The molecular formula is C14H8N2O4.